The van der Waals surface area contributed by atoms with Crippen LogP contribution in [0.2, 0.25) is 0 Å². The second kappa shape index (κ2) is 8.02. The van der Waals surface area contributed by atoms with Gasteiger partial charge in [-0.15, -0.1) is 0 Å². The number of hydrogen-bond donors (Lipinski definition) is 2. The predicted molar refractivity (Wildman–Crippen MR) is 109 cm³/mol. The molecule has 0 radical (unpaired) electrons. The van der Waals surface area contributed by atoms with E-state index >= 15 is 0 Å². The van der Waals surface area contributed by atoms with Crippen LogP contribution < -0.4 is 15.6 Å². The summed E-state index contributed by atoms with van der Waals surface area (Å²) in [4.78, 5) is 36.8. The molecule has 2 N–H and O–H groups in total. The largest absolute Gasteiger partial charge is 0.507 e. The second-order valence-electron chi connectivity index (χ2n) is 6.49. The lowest BCUT2D eigenvalue weighted by Crippen LogP contribution is -2.19. The molecule has 29 heavy (non-hydrogen) atoms. The Balaban J connectivity index is 2.10. The van der Waals surface area contributed by atoms with E-state index in [1.807, 2.05) is 19.1 Å². The quantitative estimate of drug-likeness (QED) is 0.514. The first kappa shape index (κ1) is 19.9. The van der Waals surface area contributed by atoms with Gasteiger partial charge in [0.2, 0.25) is 5.91 Å². The Morgan fingerprint density at radius 1 is 1.10 bits per heavy atom. The smallest absolute Gasteiger partial charge is 0.255 e. The number of aryl methyl sites for hydroxylation is 1. The van der Waals surface area contributed by atoms with Gasteiger partial charge in [0.1, 0.15) is 11.5 Å². The lowest BCUT2D eigenvalue weighted by Gasteiger charge is -2.14. The fourth-order valence-electron chi connectivity index (χ4n) is 3.01. The zero-order valence-corrected chi connectivity index (χ0v) is 16.2. The van der Waals surface area contributed by atoms with Crippen molar-refractivity contribution in [2.45, 2.75) is 13.8 Å². The van der Waals surface area contributed by atoms with Gasteiger partial charge in [0.05, 0.1) is 24.0 Å². The van der Waals surface area contributed by atoms with E-state index in [1.54, 1.807) is 12.1 Å². The van der Waals surface area contributed by atoms with Crippen LogP contribution in [0.3, 0.4) is 0 Å². The van der Waals surface area contributed by atoms with Crippen molar-refractivity contribution < 1.29 is 19.4 Å². The number of ketones is 1. The lowest BCUT2D eigenvalue weighted by molar-refractivity contribution is -0.114. The monoisotopic (exact) mass is 392 g/mol. The van der Waals surface area contributed by atoms with Crippen molar-refractivity contribution in [3.05, 3.63) is 81.8 Å². The molecule has 0 spiro atoms. The minimum absolute atomic E-state index is 0.0236. The third-order valence-electron chi connectivity index (χ3n) is 4.42. The number of hydrogen-bond acceptors (Lipinski definition) is 5. The molecule has 0 unspecified atom stereocenters. The Labute approximate surface area is 167 Å². The zero-order chi connectivity index (χ0) is 21.1. The number of amides is 1. The number of nitrogens with zero attached hydrogens (tertiary/aromatic N) is 1. The van der Waals surface area contributed by atoms with Crippen LogP contribution >= 0.6 is 0 Å². The van der Waals surface area contributed by atoms with Crippen LogP contribution in [-0.4, -0.2) is 28.5 Å². The molecule has 0 fully saturated rings. The van der Waals surface area contributed by atoms with Gasteiger partial charge in [-0.2, -0.15) is 0 Å². The van der Waals surface area contributed by atoms with Gasteiger partial charge in [0, 0.05) is 30.8 Å². The Morgan fingerprint density at radius 2 is 1.83 bits per heavy atom. The minimum atomic E-state index is -0.501. The highest BCUT2D eigenvalue weighted by Crippen LogP contribution is 2.33. The molecule has 0 saturated carbocycles. The van der Waals surface area contributed by atoms with E-state index in [9.17, 15) is 19.5 Å². The molecule has 0 aliphatic rings. The van der Waals surface area contributed by atoms with E-state index in [0.29, 0.717) is 5.69 Å². The molecule has 3 aromatic rings. The summed E-state index contributed by atoms with van der Waals surface area (Å²) in [5, 5.41) is 12.9. The van der Waals surface area contributed by atoms with Gasteiger partial charge in [-0.3, -0.25) is 19.0 Å². The molecule has 0 aliphatic carbocycles. The number of phenols is 1. The molecule has 1 aromatic heterocycles. The first-order valence-corrected chi connectivity index (χ1v) is 8.84. The number of benzene rings is 2. The maximum Gasteiger partial charge on any atom is 0.255 e. The SMILES string of the molecule is COc1cc(O)c(C(=O)c2ccc(=O)n(-c3ccccc3C)c2)cc1NC(C)=O. The molecule has 3 rings (SSSR count). The molecule has 2 aromatic carbocycles. The minimum Gasteiger partial charge on any atom is -0.507 e. The standard InChI is InChI=1S/C22H20N2O5/c1-13-6-4-5-7-18(13)24-12-15(8-9-21(24)27)22(28)16-10-17(23-14(2)25)20(29-3)11-19(16)26/h4-12,26H,1-3H3,(H,23,25). The van der Waals surface area contributed by atoms with Crippen molar-refractivity contribution in [3.63, 3.8) is 0 Å². The van der Waals surface area contributed by atoms with Crippen LogP contribution in [0.5, 0.6) is 11.5 Å². The van der Waals surface area contributed by atoms with Gasteiger partial charge >= 0.3 is 0 Å². The highest BCUT2D eigenvalue weighted by molar-refractivity contribution is 6.11. The van der Waals surface area contributed by atoms with Gasteiger partial charge in [-0.05, 0) is 30.7 Å². The Morgan fingerprint density at radius 3 is 2.48 bits per heavy atom. The number of phenolic OH excluding ortho intramolecular Hbond substituents is 1. The summed E-state index contributed by atoms with van der Waals surface area (Å²) in [7, 11) is 1.39. The Kier molecular flexibility index (Phi) is 5.50. The van der Waals surface area contributed by atoms with Crippen LogP contribution in [-0.2, 0) is 4.79 Å². The lowest BCUT2D eigenvalue weighted by atomic mass is 10.0. The predicted octanol–water partition coefficient (Wildman–Crippen LogP) is 3.05. The molecule has 148 valence electrons. The number of carbonyl (C=O) groups excluding carboxylic acids is 2. The van der Waals surface area contributed by atoms with Crippen LogP contribution in [0.15, 0.2) is 59.5 Å². The fraction of sp³-hybridized carbons (Fsp3) is 0.136. The van der Waals surface area contributed by atoms with Crippen LogP contribution in [0.1, 0.15) is 28.4 Å². The molecular weight excluding hydrogens is 372 g/mol. The number of aromatic nitrogens is 1. The first-order chi connectivity index (χ1) is 13.8. The van der Waals surface area contributed by atoms with Crippen LogP contribution in [0.25, 0.3) is 5.69 Å². The van der Waals surface area contributed by atoms with E-state index in [-0.39, 0.29) is 39.8 Å². The maximum atomic E-state index is 13.1. The van der Waals surface area contributed by atoms with E-state index in [4.69, 9.17) is 4.74 Å². The number of nitrogens with one attached hydrogen (secondary N) is 1. The van der Waals surface area contributed by atoms with E-state index in [2.05, 4.69) is 5.32 Å². The molecule has 0 saturated heterocycles. The summed E-state index contributed by atoms with van der Waals surface area (Å²) in [5.41, 5.74) is 1.69. The highest BCUT2D eigenvalue weighted by Gasteiger charge is 2.19. The van der Waals surface area contributed by atoms with Gasteiger partial charge in [0.15, 0.2) is 5.78 Å². The average Bonchev–Trinajstić information content (AvgIpc) is 2.69. The van der Waals surface area contributed by atoms with Crippen LogP contribution in [0, 0.1) is 6.92 Å². The summed E-state index contributed by atoms with van der Waals surface area (Å²) < 4.78 is 6.53. The molecule has 1 amide bonds. The van der Waals surface area contributed by atoms with Gasteiger partial charge < -0.3 is 15.2 Å². The molecule has 7 heteroatoms. The van der Waals surface area contributed by atoms with Crippen molar-refractivity contribution in [1.29, 1.82) is 0 Å². The van der Waals surface area contributed by atoms with Gasteiger partial charge in [0.25, 0.3) is 5.56 Å². The van der Waals surface area contributed by atoms with Crippen molar-refractivity contribution >= 4 is 17.4 Å². The number of ether oxygens (including phenoxy) is 1. The first-order valence-electron chi connectivity index (χ1n) is 8.84. The summed E-state index contributed by atoms with van der Waals surface area (Å²) in [6.07, 6.45) is 1.44. The molecule has 7 nitrogen and oxygen atoms in total. The normalized spacial score (nSPS) is 10.4. The van der Waals surface area contributed by atoms with E-state index in [0.717, 1.165) is 5.56 Å². The molecule has 0 aliphatic heterocycles. The summed E-state index contributed by atoms with van der Waals surface area (Å²) in [6.45, 7) is 3.19. The van der Waals surface area contributed by atoms with Crippen LogP contribution in [0.4, 0.5) is 5.69 Å². The number of methoxy groups -OCH3 is 1. The van der Waals surface area contributed by atoms with Crippen molar-refractivity contribution in [1.82, 2.24) is 4.57 Å². The van der Waals surface area contributed by atoms with E-state index in [1.165, 1.54) is 49.1 Å². The third kappa shape index (κ3) is 4.03. The highest BCUT2D eigenvalue weighted by atomic mass is 16.5. The van der Waals surface area contributed by atoms with Crippen molar-refractivity contribution in [2.75, 3.05) is 12.4 Å². The summed E-state index contributed by atoms with van der Waals surface area (Å²) in [5.74, 6) is -0.923. The fourth-order valence-corrected chi connectivity index (χ4v) is 3.01. The number of para-hydroxylation sites is 1. The molecule has 0 bridgehead atoms. The van der Waals surface area contributed by atoms with Crippen molar-refractivity contribution in [2.24, 2.45) is 0 Å². The number of pyridine rings is 1. The number of carbonyl (C=O) groups is 2. The summed E-state index contributed by atoms with van der Waals surface area (Å²) >= 11 is 0. The molecule has 0 atom stereocenters. The number of rotatable bonds is 5. The van der Waals surface area contributed by atoms with Crippen molar-refractivity contribution in [3.8, 4) is 17.2 Å². The number of anilines is 1. The van der Waals surface area contributed by atoms with Gasteiger partial charge in [-0.25, -0.2) is 0 Å². The molecule has 1 heterocycles. The molecular formula is C22H20N2O5. The maximum absolute atomic E-state index is 13.1. The Bertz CT molecular complexity index is 1160. The summed E-state index contributed by atoms with van der Waals surface area (Å²) in [6, 6.07) is 12.6. The van der Waals surface area contributed by atoms with E-state index < -0.39 is 5.78 Å². The number of aromatic hydroxyl groups is 1. The average molecular weight is 392 g/mol. The zero-order valence-electron chi connectivity index (χ0n) is 16.2. The Hall–Kier alpha value is -3.87. The topological polar surface area (TPSA) is 97.6 Å². The second-order valence-corrected chi connectivity index (χ2v) is 6.49. The van der Waals surface area contributed by atoms with Gasteiger partial charge in [-0.1, -0.05) is 18.2 Å². The third-order valence-corrected chi connectivity index (χ3v) is 4.42.